The first-order valence-corrected chi connectivity index (χ1v) is 12.3. The highest BCUT2D eigenvalue weighted by Crippen LogP contribution is 2.60. The first-order chi connectivity index (χ1) is 18.2. The van der Waals surface area contributed by atoms with E-state index in [4.69, 9.17) is 0 Å². The minimum absolute atomic E-state index is 0.271. The van der Waals surface area contributed by atoms with Crippen molar-refractivity contribution in [1.82, 2.24) is 14.7 Å². The molecule has 3 aromatic rings. The largest absolute Gasteiger partial charge is 0.332 e. The van der Waals surface area contributed by atoms with Crippen LogP contribution in [0.4, 0.5) is 4.79 Å². The highest BCUT2D eigenvalue weighted by molar-refractivity contribution is 6.34. The van der Waals surface area contributed by atoms with Gasteiger partial charge in [0.1, 0.15) is 0 Å². The third-order valence-electron chi connectivity index (χ3n) is 8.44. The standard InChI is InChI=1S/C30H25N3O5/c1-31-26(36)29(27(37)32(2)28(31)38)17-30(24(34)21-11-7-8-12-22(21)25(30)35)33(3)23(29)20-15-13-19(14-16-20)18-9-5-4-6-10-18/h4-16,23H,17H2,1-3H3/t23-/m0/s1. The number of carbonyl (C=O) groups is 5. The van der Waals surface area contributed by atoms with E-state index in [2.05, 4.69) is 0 Å². The van der Waals surface area contributed by atoms with Crippen LogP contribution in [0.25, 0.3) is 11.1 Å². The first kappa shape index (κ1) is 23.9. The molecule has 0 unspecified atom stereocenters. The molecule has 2 fully saturated rings. The van der Waals surface area contributed by atoms with Crippen LogP contribution >= 0.6 is 0 Å². The number of barbiturate groups is 1. The van der Waals surface area contributed by atoms with Crippen LogP contribution in [-0.2, 0) is 9.59 Å². The third-order valence-corrected chi connectivity index (χ3v) is 8.44. The maximum Gasteiger partial charge on any atom is 0.332 e. The summed E-state index contributed by atoms with van der Waals surface area (Å²) >= 11 is 0. The predicted molar refractivity (Wildman–Crippen MR) is 138 cm³/mol. The number of hydrogen-bond acceptors (Lipinski definition) is 6. The molecule has 0 N–H and O–H groups in total. The van der Waals surface area contributed by atoms with Gasteiger partial charge in [-0.3, -0.25) is 33.9 Å². The minimum atomic E-state index is -1.85. The van der Waals surface area contributed by atoms with Gasteiger partial charge >= 0.3 is 6.03 Å². The smallest absolute Gasteiger partial charge is 0.292 e. The highest BCUT2D eigenvalue weighted by atomic mass is 16.2. The number of hydrogen-bond donors (Lipinski definition) is 0. The number of nitrogens with zero attached hydrogens (tertiary/aromatic N) is 3. The first-order valence-electron chi connectivity index (χ1n) is 12.3. The molecule has 3 aromatic carbocycles. The fourth-order valence-electron chi connectivity index (χ4n) is 6.56. The van der Waals surface area contributed by atoms with Crippen molar-refractivity contribution in [2.24, 2.45) is 5.41 Å². The summed E-state index contributed by atoms with van der Waals surface area (Å²) in [6.45, 7) is 0. The summed E-state index contributed by atoms with van der Waals surface area (Å²) in [5, 5.41) is 0. The number of urea groups is 1. The van der Waals surface area contributed by atoms with Crippen LogP contribution in [0, 0.1) is 5.41 Å². The molecule has 8 heteroatoms. The number of amides is 4. The van der Waals surface area contributed by atoms with Gasteiger partial charge in [-0.1, -0.05) is 78.9 Å². The Morgan fingerprint density at radius 2 is 1.11 bits per heavy atom. The SMILES string of the molecule is CN1C(=O)N(C)C(=O)C2(CC3(C(=O)c4ccccc4C3=O)N(C)[C@H]2c2ccc(-c3ccccc3)cc2)C1=O. The summed E-state index contributed by atoms with van der Waals surface area (Å²) in [4.78, 5) is 71.9. The molecule has 2 aliphatic heterocycles. The number of carbonyl (C=O) groups excluding carboxylic acids is 5. The van der Waals surface area contributed by atoms with Crippen LogP contribution in [0.5, 0.6) is 0 Å². The maximum absolute atomic E-state index is 14.0. The van der Waals surface area contributed by atoms with Gasteiger partial charge in [0.15, 0.2) is 22.5 Å². The van der Waals surface area contributed by atoms with Gasteiger partial charge in [-0.05, 0) is 23.7 Å². The minimum Gasteiger partial charge on any atom is -0.292 e. The Bertz CT molecular complexity index is 1490. The number of likely N-dealkylation sites (tertiary alicyclic amines) is 1. The second-order valence-corrected chi connectivity index (χ2v) is 10.2. The number of fused-ring (bicyclic) bond motifs is 1. The molecule has 0 bridgehead atoms. The molecule has 0 saturated carbocycles. The Hall–Kier alpha value is -4.43. The zero-order chi connectivity index (χ0) is 27.0. The topological polar surface area (TPSA) is 95.1 Å². The van der Waals surface area contributed by atoms with E-state index in [0.717, 1.165) is 20.9 Å². The fraction of sp³-hybridized carbons (Fsp3) is 0.233. The van der Waals surface area contributed by atoms with Crippen LogP contribution < -0.4 is 0 Å². The summed E-state index contributed by atoms with van der Waals surface area (Å²) in [7, 11) is 4.26. The van der Waals surface area contributed by atoms with Crippen LogP contribution in [0.1, 0.15) is 38.7 Å². The summed E-state index contributed by atoms with van der Waals surface area (Å²) < 4.78 is 0. The van der Waals surface area contributed by atoms with Crippen LogP contribution in [0.15, 0.2) is 78.9 Å². The van der Waals surface area contributed by atoms with E-state index < -0.39 is 46.4 Å². The number of imide groups is 2. The molecule has 6 rings (SSSR count). The molecule has 0 aromatic heterocycles. The molecule has 4 amide bonds. The predicted octanol–water partition coefficient (Wildman–Crippen LogP) is 3.59. The van der Waals surface area contributed by atoms with Gasteiger partial charge in [0.25, 0.3) is 0 Å². The van der Waals surface area contributed by atoms with Gasteiger partial charge in [0.05, 0.1) is 6.04 Å². The monoisotopic (exact) mass is 507 g/mol. The van der Waals surface area contributed by atoms with E-state index in [9.17, 15) is 24.0 Å². The molecule has 190 valence electrons. The zero-order valence-electron chi connectivity index (χ0n) is 21.2. The van der Waals surface area contributed by atoms with Crippen molar-refractivity contribution in [2.45, 2.75) is 18.0 Å². The summed E-state index contributed by atoms with van der Waals surface area (Å²) in [6.07, 6.45) is -0.354. The molecule has 2 saturated heterocycles. The van der Waals surface area contributed by atoms with Crippen molar-refractivity contribution in [2.75, 3.05) is 21.1 Å². The second kappa shape index (κ2) is 8.03. The maximum atomic E-state index is 14.0. The average Bonchev–Trinajstić information content (AvgIpc) is 3.35. The molecule has 1 aliphatic carbocycles. The van der Waals surface area contributed by atoms with E-state index in [1.165, 1.54) is 14.1 Å². The normalized spacial score (nSPS) is 22.2. The summed E-state index contributed by atoms with van der Waals surface area (Å²) in [6, 6.07) is 22.0. The molecule has 1 atom stereocenters. The summed E-state index contributed by atoms with van der Waals surface area (Å²) in [5.41, 5.74) is -0.533. The fourth-order valence-corrected chi connectivity index (χ4v) is 6.56. The van der Waals surface area contributed by atoms with Crippen molar-refractivity contribution in [3.63, 3.8) is 0 Å². The Labute approximate surface area is 219 Å². The van der Waals surface area contributed by atoms with Gasteiger partial charge in [-0.25, -0.2) is 4.79 Å². The molecule has 0 radical (unpaired) electrons. The van der Waals surface area contributed by atoms with Crippen molar-refractivity contribution < 1.29 is 24.0 Å². The number of Topliss-reactive ketones (excluding diaryl/α,β-unsaturated/α-hetero) is 2. The van der Waals surface area contributed by atoms with Crippen molar-refractivity contribution in [3.8, 4) is 11.1 Å². The van der Waals surface area contributed by atoms with Crippen molar-refractivity contribution in [3.05, 3.63) is 95.6 Å². The molecule has 2 spiro atoms. The van der Waals surface area contributed by atoms with E-state index >= 15 is 0 Å². The van der Waals surface area contributed by atoms with Gasteiger partial charge in [-0.15, -0.1) is 0 Å². The number of rotatable bonds is 2. The number of likely N-dealkylation sites (N-methyl/N-ethyl adjacent to an activating group) is 1. The van der Waals surface area contributed by atoms with Crippen LogP contribution in [0.3, 0.4) is 0 Å². The van der Waals surface area contributed by atoms with Gasteiger partial charge < -0.3 is 0 Å². The highest BCUT2D eigenvalue weighted by Gasteiger charge is 2.75. The summed E-state index contributed by atoms with van der Waals surface area (Å²) in [5.74, 6) is -2.32. The van der Waals surface area contributed by atoms with Crippen LogP contribution in [-0.4, -0.2) is 70.8 Å². The third kappa shape index (κ3) is 2.80. The molecule has 38 heavy (non-hydrogen) atoms. The number of ketones is 2. The van der Waals surface area contributed by atoms with E-state index in [-0.39, 0.29) is 17.5 Å². The second-order valence-electron chi connectivity index (χ2n) is 10.2. The lowest BCUT2D eigenvalue weighted by Crippen LogP contribution is -2.64. The van der Waals surface area contributed by atoms with Gasteiger partial charge in [-0.2, -0.15) is 0 Å². The molecule has 2 heterocycles. The van der Waals surface area contributed by atoms with Crippen molar-refractivity contribution >= 4 is 29.4 Å². The zero-order valence-corrected chi connectivity index (χ0v) is 21.2. The average molecular weight is 508 g/mol. The lowest BCUT2D eigenvalue weighted by Gasteiger charge is -2.43. The van der Waals surface area contributed by atoms with Crippen molar-refractivity contribution in [1.29, 1.82) is 0 Å². The Morgan fingerprint density at radius 1 is 0.632 bits per heavy atom. The Kier molecular flexibility index (Phi) is 5.06. The lowest BCUT2D eigenvalue weighted by atomic mass is 9.70. The molecular weight excluding hydrogens is 482 g/mol. The van der Waals surface area contributed by atoms with Crippen LogP contribution in [0.2, 0.25) is 0 Å². The van der Waals surface area contributed by atoms with Gasteiger partial charge in [0.2, 0.25) is 11.8 Å². The Balaban J connectivity index is 1.56. The van der Waals surface area contributed by atoms with Gasteiger partial charge in [0, 0.05) is 31.6 Å². The lowest BCUT2D eigenvalue weighted by molar-refractivity contribution is -0.159. The van der Waals surface area contributed by atoms with E-state index in [0.29, 0.717) is 5.56 Å². The number of benzene rings is 3. The van der Waals surface area contributed by atoms with E-state index in [1.54, 1.807) is 36.2 Å². The van der Waals surface area contributed by atoms with E-state index in [1.807, 2.05) is 54.6 Å². The molecule has 3 aliphatic rings. The Morgan fingerprint density at radius 3 is 1.63 bits per heavy atom. The molecule has 8 nitrogen and oxygen atoms in total. The quantitative estimate of drug-likeness (QED) is 0.492. The molecular formula is C30H25N3O5.